The number of para-hydroxylation sites is 2. The Hall–Kier alpha value is -6.53. The zero-order valence-corrected chi connectivity index (χ0v) is 34.7. The van der Waals surface area contributed by atoms with Gasteiger partial charge in [0.2, 0.25) is 0 Å². The van der Waals surface area contributed by atoms with Gasteiger partial charge in [-0.3, -0.25) is 0 Å². The highest BCUT2D eigenvalue weighted by Gasteiger charge is 2.80. The third-order valence-corrected chi connectivity index (χ3v) is 13.6. The first-order chi connectivity index (χ1) is 30.1. The van der Waals surface area contributed by atoms with Gasteiger partial charge in [0.15, 0.2) is 0 Å². The summed E-state index contributed by atoms with van der Waals surface area (Å²) in [5.74, 6) is -17.1. The highest BCUT2D eigenvalue weighted by Crippen LogP contribution is 2.66. The molecular weight excluding hydrogens is 832 g/mol. The number of alkyl halides is 6. The van der Waals surface area contributed by atoms with Crippen LogP contribution in [0, 0.1) is 5.82 Å². The molecule has 0 unspecified atom stereocenters. The lowest BCUT2D eigenvalue weighted by molar-refractivity contribution is -0.302. The van der Waals surface area contributed by atoms with E-state index >= 15 is 30.7 Å². The first kappa shape index (κ1) is 39.3. The van der Waals surface area contributed by atoms with Crippen LogP contribution in [0.25, 0.3) is 21.2 Å². The molecule has 12 heteroatoms. The number of fused-ring (bicyclic) bond motifs is 7. The fourth-order valence-electron chi connectivity index (χ4n) is 9.34. The number of nitrogens with zero attached hydrogens (tertiary/aromatic N) is 2. The number of halogens is 7. The largest absolute Gasteiger partial charge is 0.457 e. The summed E-state index contributed by atoms with van der Waals surface area (Å²) in [6.07, 6.45) is 0. The lowest BCUT2D eigenvalue weighted by atomic mass is 9.36. The minimum Gasteiger partial charge on any atom is -0.457 e. The molecule has 0 atom stereocenters. The molecule has 63 heavy (non-hydrogen) atoms. The molecule has 8 aromatic rings. The molecule has 1 aromatic heterocycles. The molecule has 0 saturated heterocycles. The molecule has 3 aliphatic rings. The molecule has 312 valence electrons. The zero-order chi connectivity index (χ0) is 43.8. The predicted molar refractivity (Wildman–Crippen MR) is 239 cm³/mol. The van der Waals surface area contributed by atoms with Crippen LogP contribution in [-0.4, -0.2) is 12.6 Å². The lowest BCUT2D eigenvalue weighted by Crippen LogP contribution is -2.58. The van der Waals surface area contributed by atoms with Crippen LogP contribution in [0.3, 0.4) is 0 Å². The Labute approximate surface area is 362 Å². The number of hydrogen-bond donors (Lipinski definition) is 0. The van der Waals surface area contributed by atoms with Crippen LogP contribution in [0.1, 0.15) is 37.5 Å². The van der Waals surface area contributed by atoms with Gasteiger partial charge in [-0.15, -0.1) is 11.3 Å². The highest BCUT2D eigenvalue weighted by atomic mass is 32.1. The first-order valence-corrected chi connectivity index (χ1v) is 21.2. The van der Waals surface area contributed by atoms with Crippen LogP contribution >= 0.6 is 11.3 Å². The molecule has 0 spiro atoms. The smallest absolute Gasteiger partial charge is 0.380 e. The van der Waals surface area contributed by atoms with E-state index < -0.39 is 47.1 Å². The molecule has 2 aliphatic heterocycles. The number of thiophene rings is 1. The molecule has 11 rings (SSSR count). The van der Waals surface area contributed by atoms with Crippen molar-refractivity contribution in [2.24, 2.45) is 0 Å². The topological polar surface area (TPSA) is 15.7 Å². The summed E-state index contributed by atoms with van der Waals surface area (Å²) in [5, 5.41) is 0.863. The van der Waals surface area contributed by atoms with E-state index in [4.69, 9.17) is 4.74 Å². The summed E-state index contributed by atoms with van der Waals surface area (Å²) in [4.78, 5) is 3.03. The maximum Gasteiger partial charge on any atom is 0.380 e. The fraction of sp³-hybridized carbons (Fsp3) is 0.137. The van der Waals surface area contributed by atoms with E-state index in [1.165, 1.54) is 11.3 Å². The maximum absolute atomic E-state index is 16.9. The van der Waals surface area contributed by atoms with Crippen LogP contribution in [-0.2, 0) is 17.3 Å². The molecule has 3 heterocycles. The van der Waals surface area contributed by atoms with E-state index in [9.17, 15) is 0 Å². The molecule has 0 saturated carbocycles. The maximum atomic E-state index is 16.9. The van der Waals surface area contributed by atoms with Crippen molar-refractivity contribution in [1.82, 2.24) is 0 Å². The third-order valence-electron chi connectivity index (χ3n) is 12.4. The van der Waals surface area contributed by atoms with Crippen molar-refractivity contribution in [3.05, 3.63) is 174 Å². The number of anilines is 6. The van der Waals surface area contributed by atoms with Crippen LogP contribution in [0.4, 0.5) is 64.9 Å². The summed E-state index contributed by atoms with van der Waals surface area (Å²) in [5.41, 5.74) is 0.978. The SMILES string of the molecule is CC(C)(C)c1ccc2sc3c(c2c1)Oc1cc(N(c2ccccc2)c2ccccc2)cc2c1B3c1cc(-c3ccccc3)ccc1N2c1c(F)ccc2c1C(F)(F)C(F)(F)C2(F)F. The van der Waals surface area contributed by atoms with Gasteiger partial charge >= 0.3 is 17.8 Å². The minimum atomic E-state index is -5.86. The average Bonchev–Trinajstić information content (AvgIpc) is 3.68. The van der Waals surface area contributed by atoms with Gasteiger partial charge in [-0.25, -0.2) is 4.39 Å². The highest BCUT2D eigenvalue weighted by molar-refractivity contribution is 7.33. The molecule has 0 bridgehead atoms. The van der Waals surface area contributed by atoms with Gasteiger partial charge in [-0.05, 0) is 93.7 Å². The number of hydrogen-bond acceptors (Lipinski definition) is 4. The molecule has 0 radical (unpaired) electrons. The van der Waals surface area contributed by atoms with Crippen molar-refractivity contribution < 1.29 is 35.5 Å². The average molecular weight is 867 g/mol. The normalized spacial score (nSPS) is 16.2. The monoisotopic (exact) mass is 866 g/mol. The van der Waals surface area contributed by atoms with Crippen molar-refractivity contribution in [3.8, 4) is 22.6 Å². The second-order valence-corrected chi connectivity index (χ2v) is 18.3. The molecule has 0 amide bonds. The molecule has 7 aromatic carbocycles. The van der Waals surface area contributed by atoms with Gasteiger partial charge in [0, 0.05) is 49.2 Å². The van der Waals surface area contributed by atoms with E-state index in [2.05, 4.69) is 32.9 Å². The molecule has 0 fully saturated rings. The second-order valence-electron chi connectivity index (χ2n) is 17.2. The van der Waals surface area contributed by atoms with Crippen molar-refractivity contribution >= 4 is 78.0 Å². The quantitative estimate of drug-likeness (QED) is 0.127. The van der Waals surface area contributed by atoms with Gasteiger partial charge in [0.05, 0.1) is 16.9 Å². The van der Waals surface area contributed by atoms with Crippen LogP contribution < -0.4 is 30.2 Å². The molecule has 3 nitrogen and oxygen atoms in total. The van der Waals surface area contributed by atoms with E-state index in [1.54, 1.807) is 18.2 Å². The second kappa shape index (κ2) is 13.5. The van der Waals surface area contributed by atoms with Gasteiger partial charge in [-0.1, -0.05) is 106 Å². The summed E-state index contributed by atoms with van der Waals surface area (Å²) in [7, 11) is 0. The van der Waals surface area contributed by atoms with Gasteiger partial charge < -0.3 is 14.5 Å². The summed E-state index contributed by atoms with van der Waals surface area (Å²) >= 11 is 1.50. The van der Waals surface area contributed by atoms with Gasteiger partial charge in [0.1, 0.15) is 17.3 Å². The Bertz CT molecular complexity index is 3110. The summed E-state index contributed by atoms with van der Waals surface area (Å²) in [6, 6.07) is 44.0. The van der Waals surface area contributed by atoms with E-state index in [0.29, 0.717) is 51.6 Å². The number of rotatable bonds is 5. The standard InChI is InChI=1S/C51H34BF7N2OS/c1-48(2,3)31-20-24-42-35(26-31)46-47(63-42)52-37-25-30(29-13-7-4-8-14-29)19-23-39(37)61(45-38(53)22-21-36-43(45)50(56,57)51(58,59)49(36,54)55)40-27-34(28-41(62-46)44(40)52)60(32-15-9-5-10-16-32)33-17-11-6-12-18-33/h4-28H,1-3H3. The Kier molecular flexibility index (Phi) is 8.42. The lowest BCUT2D eigenvalue weighted by Gasteiger charge is -2.41. The molecule has 1 aliphatic carbocycles. The Morgan fingerprint density at radius 1 is 0.635 bits per heavy atom. The number of ether oxygens (including phenoxy) is 1. The van der Waals surface area contributed by atoms with Gasteiger partial charge in [-0.2, -0.15) is 26.3 Å². The van der Waals surface area contributed by atoms with E-state index in [0.717, 1.165) is 36.5 Å². The Morgan fingerprint density at radius 2 is 1.29 bits per heavy atom. The van der Waals surface area contributed by atoms with Crippen molar-refractivity contribution in [2.75, 3.05) is 9.80 Å². The van der Waals surface area contributed by atoms with Crippen molar-refractivity contribution in [2.45, 2.75) is 44.0 Å². The van der Waals surface area contributed by atoms with Crippen LogP contribution in [0.15, 0.2) is 152 Å². The summed E-state index contributed by atoms with van der Waals surface area (Å²) < 4.78 is 120. The van der Waals surface area contributed by atoms with Crippen molar-refractivity contribution in [1.29, 1.82) is 0 Å². The first-order valence-electron chi connectivity index (χ1n) is 20.4. The third kappa shape index (κ3) is 5.59. The fourth-order valence-corrected chi connectivity index (χ4v) is 10.6. The molecule has 0 N–H and O–H groups in total. The minimum absolute atomic E-state index is 0.101. The number of benzene rings is 7. The van der Waals surface area contributed by atoms with E-state index in [1.807, 2.05) is 114 Å². The zero-order valence-electron chi connectivity index (χ0n) is 33.9. The predicted octanol–water partition coefficient (Wildman–Crippen LogP) is 13.7. The summed E-state index contributed by atoms with van der Waals surface area (Å²) in [6.45, 7) is 5.71. The Balaban J connectivity index is 1.27. The van der Waals surface area contributed by atoms with Crippen molar-refractivity contribution in [3.63, 3.8) is 0 Å². The molecular formula is C51H34BF7N2OS. The van der Waals surface area contributed by atoms with E-state index in [-0.39, 0.29) is 16.8 Å². The van der Waals surface area contributed by atoms with Crippen LogP contribution in [0.5, 0.6) is 11.5 Å². The van der Waals surface area contributed by atoms with Gasteiger partial charge in [0.25, 0.3) is 6.71 Å². The Morgan fingerprint density at radius 3 is 1.94 bits per heavy atom. The van der Waals surface area contributed by atoms with Crippen LogP contribution in [0.2, 0.25) is 0 Å².